The van der Waals surface area contributed by atoms with E-state index in [4.69, 9.17) is 27.9 Å². The molecule has 0 amide bonds. The van der Waals surface area contributed by atoms with Crippen LogP contribution in [-0.2, 0) is 10.0 Å². The summed E-state index contributed by atoms with van der Waals surface area (Å²) < 4.78 is 32.9. The highest BCUT2D eigenvalue weighted by Crippen LogP contribution is 2.33. The fourth-order valence-electron chi connectivity index (χ4n) is 2.12. The Morgan fingerprint density at radius 3 is 2.22 bits per heavy atom. The van der Waals surface area contributed by atoms with Crippen molar-refractivity contribution in [3.8, 4) is 5.75 Å². The van der Waals surface area contributed by atoms with Crippen LogP contribution in [0.3, 0.4) is 0 Å². The largest absolute Gasteiger partial charge is 0.496 e. The summed E-state index contributed by atoms with van der Waals surface area (Å²) in [4.78, 5) is 0.123. The van der Waals surface area contributed by atoms with Gasteiger partial charge < -0.3 is 4.74 Å². The predicted octanol–water partition coefficient (Wildman–Crippen LogP) is 4.93. The molecule has 0 bridgehead atoms. The molecular weight excluding hydrogens is 357 g/mol. The minimum absolute atomic E-state index is 0.115. The van der Waals surface area contributed by atoms with Crippen LogP contribution >= 0.6 is 23.2 Å². The first-order valence-corrected chi connectivity index (χ1v) is 9.15. The fourth-order valence-corrected chi connectivity index (χ4v) is 3.86. The number of methoxy groups -OCH3 is 1. The van der Waals surface area contributed by atoms with Gasteiger partial charge in [-0.3, -0.25) is 4.72 Å². The van der Waals surface area contributed by atoms with Gasteiger partial charge >= 0.3 is 0 Å². The Hall–Kier alpha value is -1.43. The van der Waals surface area contributed by atoms with E-state index in [1.807, 2.05) is 13.8 Å². The van der Waals surface area contributed by atoms with Crippen LogP contribution in [0, 0.1) is 0 Å². The average molecular weight is 374 g/mol. The van der Waals surface area contributed by atoms with Gasteiger partial charge in [0.25, 0.3) is 10.0 Å². The summed E-state index contributed by atoms with van der Waals surface area (Å²) in [5.41, 5.74) is 0.971. The van der Waals surface area contributed by atoms with Gasteiger partial charge in [-0.1, -0.05) is 43.1 Å². The van der Waals surface area contributed by atoms with E-state index >= 15 is 0 Å². The highest BCUT2D eigenvalue weighted by atomic mass is 35.5. The van der Waals surface area contributed by atoms with Gasteiger partial charge in [-0.15, -0.1) is 0 Å². The predicted molar refractivity (Wildman–Crippen MR) is 94.4 cm³/mol. The Balaban J connectivity index is 2.46. The third-order valence-electron chi connectivity index (χ3n) is 3.33. The van der Waals surface area contributed by atoms with E-state index in [2.05, 4.69) is 4.72 Å². The van der Waals surface area contributed by atoms with Gasteiger partial charge in [0, 0.05) is 0 Å². The topological polar surface area (TPSA) is 55.4 Å². The molecule has 0 aliphatic rings. The van der Waals surface area contributed by atoms with E-state index in [1.54, 1.807) is 37.4 Å². The molecule has 2 rings (SSSR count). The maximum atomic E-state index is 12.6. The Kier molecular flexibility index (Phi) is 5.45. The highest BCUT2D eigenvalue weighted by Gasteiger charge is 2.20. The van der Waals surface area contributed by atoms with Gasteiger partial charge in [0.15, 0.2) is 0 Å². The van der Waals surface area contributed by atoms with E-state index in [9.17, 15) is 8.42 Å². The number of hydrogen-bond acceptors (Lipinski definition) is 3. The zero-order valence-electron chi connectivity index (χ0n) is 12.9. The summed E-state index contributed by atoms with van der Waals surface area (Å²) in [5, 5.41) is 0.470. The van der Waals surface area contributed by atoms with E-state index in [-0.39, 0.29) is 26.5 Å². The van der Waals surface area contributed by atoms with Crippen LogP contribution in [0.25, 0.3) is 0 Å². The molecule has 0 unspecified atom stereocenters. The molecule has 0 radical (unpaired) electrons. The van der Waals surface area contributed by atoms with Crippen molar-refractivity contribution in [2.75, 3.05) is 11.8 Å². The van der Waals surface area contributed by atoms with E-state index in [0.717, 1.165) is 5.56 Å². The molecule has 0 aromatic heterocycles. The molecule has 0 spiro atoms. The lowest BCUT2D eigenvalue weighted by molar-refractivity contribution is 0.407. The van der Waals surface area contributed by atoms with E-state index in [0.29, 0.717) is 5.75 Å². The highest BCUT2D eigenvalue weighted by molar-refractivity contribution is 7.92. The van der Waals surface area contributed by atoms with Crippen LogP contribution in [0.2, 0.25) is 10.0 Å². The van der Waals surface area contributed by atoms with Crippen LogP contribution in [0.5, 0.6) is 5.75 Å². The summed E-state index contributed by atoms with van der Waals surface area (Å²) in [6.07, 6.45) is 0. The number of ether oxygens (including phenoxy) is 1. The Bertz CT molecular complexity index is 800. The first kappa shape index (κ1) is 17.9. The average Bonchev–Trinajstić information content (AvgIpc) is 2.50. The summed E-state index contributed by atoms with van der Waals surface area (Å²) in [5.74, 6) is 0.763. The van der Waals surface area contributed by atoms with Crippen LogP contribution in [0.15, 0.2) is 41.3 Å². The van der Waals surface area contributed by atoms with Crippen molar-refractivity contribution in [1.29, 1.82) is 0 Å². The Labute approximate surface area is 146 Å². The number of anilines is 1. The molecule has 2 aromatic carbocycles. The van der Waals surface area contributed by atoms with Crippen molar-refractivity contribution in [3.05, 3.63) is 52.0 Å². The molecule has 0 atom stereocenters. The molecule has 7 heteroatoms. The summed E-state index contributed by atoms with van der Waals surface area (Å²) >= 11 is 12.0. The molecular formula is C16H17Cl2NO3S. The zero-order chi connectivity index (χ0) is 17.2. The summed E-state index contributed by atoms with van der Waals surface area (Å²) in [7, 11) is -2.26. The van der Waals surface area contributed by atoms with Gasteiger partial charge in [0.2, 0.25) is 0 Å². The number of benzene rings is 2. The fraction of sp³-hybridized carbons (Fsp3) is 0.250. The number of para-hydroxylation sites is 1. The smallest absolute Gasteiger partial charge is 0.262 e. The van der Waals surface area contributed by atoms with Crippen molar-refractivity contribution < 1.29 is 13.2 Å². The second-order valence-electron chi connectivity index (χ2n) is 5.26. The molecule has 0 fully saturated rings. The minimum atomic E-state index is -3.81. The number of hydrogen-bond donors (Lipinski definition) is 1. The van der Waals surface area contributed by atoms with Crippen molar-refractivity contribution >= 4 is 38.9 Å². The molecule has 0 heterocycles. The molecule has 0 aliphatic carbocycles. The van der Waals surface area contributed by atoms with Crippen LogP contribution in [0.4, 0.5) is 5.69 Å². The van der Waals surface area contributed by atoms with Crippen molar-refractivity contribution in [3.63, 3.8) is 0 Å². The lowest BCUT2D eigenvalue weighted by atomic mass is 10.0. The lowest BCUT2D eigenvalue weighted by Gasteiger charge is -2.15. The third-order valence-corrected chi connectivity index (χ3v) is 5.31. The molecule has 1 N–H and O–H groups in total. The molecule has 4 nitrogen and oxygen atoms in total. The van der Waals surface area contributed by atoms with Gasteiger partial charge in [-0.2, -0.15) is 0 Å². The monoisotopic (exact) mass is 373 g/mol. The first-order valence-electron chi connectivity index (χ1n) is 6.91. The maximum absolute atomic E-state index is 12.6. The number of sulfonamides is 1. The maximum Gasteiger partial charge on any atom is 0.262 e. The van der Waals surface area contributed by atoms with Gasteiger partial charge in [-0.25, -0.2) is 8.42 Å². The summed E-state index contributed by atoms with van der Waals surface area (Å²) in [6.45, 7) is 3.93. The molecule has 0 saturated carbocycles. The van der Waals surface area contributed by atoms with Crippen LogP contribution in [-0.4, -0.2) is 15.5 Å². The van der Waals surface area contributed by atoms with Gasteiger partial charge in [-0.05, 0) is 41.8 Å². The lowest BCUT2D eigenvalue weighted by Crippen LogP contribution is -2.14. The van der Waals surface area contributed by atoms with Crippen molar-refractivity contribution in [2.45, 2.75) is 24.7 Å². The second kappa shape index (κ2) is 6.99. The standard InChI is InChI=1S/C16H17Cl2NO3S/c1-10(2)12-9-11(7-8-15(12)22-3)23(20,21)19-16-13(17)5-4-6-14(16)18/h4-10,19H,1-3H3. The molecule has 2 aromatic rings. The van der Waals surface area contributed by atoms with E-state index < -0.39 is 10.0 Å². The number of nitrogens with one attached hydrogen (secondary N) is 1. The molecule has 124 valence electrons. The van der Waals surface area contributed by atoms with E-state index in [1.165, 1.54) is 6.07 Å². The minimum Gasteiger partial charge on any atom is -0.496 e. The quantitative estimate of drug-likeness (QED) is 0.808. The zero-order valence-corrected chi connectivity index (χ0v) is 15.3. The Morgan fingerprint density at radius 1 is 1.09 bits per heavy atom. The van der Waals surface area contributed by atoms with Crippen molar-refractivity contribution in [1.82, 2.24) is 0 Å². The molecule has 0 aliphatic heterocycles. The summed E-state index contributed by atoms with van der Waals surface area (Å²) in [6, 6.07) is 9.50. The van der Waals surface area contributed by atoms with Crippen LogP contribution < -0.4 is 9.46 Å². The molecule has 23 heavy (non-hydrogen) atoms. The number of halogens is 2. The number of rotatable bonds is 5. The normalized spacial score (nSPS) is 11.6. The SMILES string of the molecule is COc1ccc(S(=O)(=O)Nc2c(Cl)cccc2Cl)cc1C(C)C. The second-order valence-corrected chi connectivity index (χ2v) is 7.76. The van der Waals surface area contributed by atoms with Gasteiger partial charge in [0.1, 0.15) is 5.75 Å². The first-order chi connectivity index (χ1) is 10.8. The van der Waals surface area contributed by atoms with Crippen molar-refractivity contribution in [2.24, 2.45) is 0 Å². The molecule has 0 saturated heterocycles. The van der Waals surface area contributed by atoms with Gasteiger partial charge in [0.05, 0.1) is 27.7 Å². The third kappa shape index (κ3) is 3.91. The van der Waals surface area contributed by atoms with Crippen LogP contribution in [0.1, 0.15) is 25.3 Å². The Morgan fingerprint density at radius 2 is 1.70 bits per heavy atom.